The van der Waals surface area contributed by atoms with E-state index in [1.54, 1.807) is 6.20 Å². The molecule has 0 bridgehead atoms. The lowest BCUT2D eigenvalue weighted by molar-refractivity contribution is 0.152. The number of hydrogen-bond acceptors (Lipinski definition) is 8. The first-order chi connectivity index (χ1) is 13.7. The Morgan fingerprint density at radius 3 is 2.71 bits per heavy atom. The zero-order valence-electron chi connectivity index (χ0n) is 16.6. The number of nitrogens with one attached hydrogen (secondary N) is 2. The lowest BCUT2D eigenvalue weighted by atomic mass is 9.96. The monoisotopic (exact) mass is 383 g/mol. The third kappa shape index (κ3) is 5.45. The molecule has 8 nitrogen and oxygen atoms in total. The molecule has 0 aliphatic heterocycles. The minimum absolute atomic E-state index is 0.223. The summed E-state index contributed by atoms with van der Waals surface area (Å²) in [5.41, 5.74) is 2.58. The van der Waals surface area contributed by atoms with Crippen molar-refractivity contribution in [3.05, 3.63) is 18.6 Å². The van der Waals surface area contributed by atoms with Crippen LogP contribution < -0.4 is 10.6 Å². The van der Waals surface area contributed by atoms with E-state index in [-0.39, 0.29) is 6.10 Å². The van der Waals surface area contributed by atoms with Crippen LogP contribution in [-0.2, 0) is 0 Å². The number of nitrogens with zero attached hydrogens (tertiary/aromatic N) is 5. The molecule has 150 valence electrons. The fraction of sp³-hybridized carbons (Fsp3) is 0.550. The molecule has 2 heterocycles. The highest BCUT2D eigenvalue weighted by atomic mass is 16.3. The number of aliphatic imine (C=N–C) groups is 1. The maximum absolute atomic E-state index is 9.76. The molecule has 1 fully saturated rings. The van der Waals surface area contributed by atoms with E-state index >= 15 is 0 Å². The maximum atomic E-state index is 9.76. The van der Waals surface area contributed by atoms with E-state index in [2.05, 4.69) is 37.5 Å². The molecule has 0 saturated heterocycles. The fourth-order valence-corrected chi connectivity index (χ4v) is 3.08. The van der Waals surface area contributed by atoms with Crippen LogP contribution >= 0.6 is 0 Å². The molecule has 3 N–H and O–H groups in total. The predicted molar refractivity (Wildman–Crippen MR) is 112 cm³/mol. The van der Waals surface area contributed by atoms with Crippen LogP contribution in [0.2, 0.25) is 0 Å². The van der Waals surface area contributed by atoms with Crippen molar-refractivity contribution in [3.63, 3.8) is 0 Å². The van der Waals surface area contributed by atoms with Crippen molar-refractivity contribution in [2.45, 2.75) is 58.5 Å². The lowest BCUT2D eigenvalue weighted by Gasteiger charge is -2.18. The summed E-state index contributed by atoms with van der Waals surface area (Å²) in [5.74, 6) is 1.95. The van der Waals surface area contributed by atoms with Gasteiger partial charge in [-0.25, -0.2) is 19.9 Å². The Balaban J connectivity index is 1.93. The highest BCUT2D eigenvalue weighted by Crippen LogP contribution is 2.30. The minimum Gasteiger partial charge on any atom is -0.393 e. The first-order valence-electron chi connectivity index (χ1n) is 10.1. The second-order valence-corrected chi connectivity index (χ2v) is 6.94. The van der Waals surface area contributed by atoms with Crippen molar-refractivity contribution >= 4 is 23.3 Å². The summed E-state index contributed by atoms with van der Waals surface area (Å²) in [6.07, 6.45) is 8.33. The van der Waals surface area contributed by atoms with Gasteiger partial charge in [-0.2, -0.15) is 4.98 Å². The Bertz CT molecular complexity index is 799. The van der Waals surface area contributed by atoms with Crippen molar-refractivity contribution in [2.24, 2.45) is 4.99 Å². The Hall–Kier alpha value is -2.61. The molecule has 3 rings (SSSR count). The molecule has 2 aromatic rings. The minimum atomic E-state index is -0.223. The van der Waals surface area contributed by atoms with E-state index < -0.39 is 0 Å². The van der Waals surface area contributed by atoms with Gasteiger partial charge in [-0.15, -0.1) is 0 Å². The van der Waals surface area contributed by atoms with Gasteiger partial charge in [-0.3, -0.25) is 0 Å². The SMILES string of the molecule is CCCCNc1ncc(-c2cc(NCC)ncn2)c(N=C2CCC(O)CC2)n1. The largest absolute Gasteiger partial charge is 0.393 e. The van der Waals surface area contributed by atoms with Gasteiger partial charge in [-0.1, -0.05) is 13.3 Å². The maximum Gasteiger partial charge on any atom is 0.224 e. The lowest BCUT2D eigenvalue weighted by Crippen LogP contribution is -2.17. The molecule has 1 aliphatic rings. The van der Waals surface area contributed by atoms with Gasteiger partial charge in [0.05, 0.1) is 17.4 Å². The number of aliphatic hydroxyl groups excluding tert-OH is 1. The smallest absolute Gasteiger partial charge is 0.224 e. The quantitative estimate of drug-likeness (QED) is 0.598. The topological polar surface area (TPSA) is 108 Å². The van der Waals surface area contributed by atoms with Crippen molar-refractivity contribution < 1.29 is 5.11 Å². The van der Waals surface area contributed by atoms with Crippen molar-refractivity contribution in [1.82, 2.24) is 19.9 Å². The Morgan fingerprint density at radius 1 is 1.14 bits per heavy atom. The van der Waals surface area contributed by atoms with E-state index in [4.69, 9.17) is 4.99 Å². The predicted octanol–water partition coefficient (Wildman–Crippen LogP) is 3.58. The van der Waals surface area contributed by atoms with Gasteiger partial charge < -0.3 is 15.7 Å². The summed E-state index contributed by atoms with van der Waals surface area (Å²) in [4.78, 5) is 22.6. The first kappa shape index (κ1) is 20.1. The van der Waals surface area contributed by atoms with Crippen LogP contribution in [-0.4, -0.2) is 49.9 Å². The summed E-state index contributed by atoms with van der Waals surface area (Å²) >= 11 is 0. The highest BCUT2D eigenvalue weighted by molar-refractivity contribution is 5.89. The van der Waals surface area contributed by atoms with Crippen LogP contribution in [0.1, 0.15) is 52.4 Å². The molecule has 0 aromatic carbocycles. The van der Waals surface area contributed by atoms with Crippen LogP contribution in [0.4, 0.5) is 17.6 Å². The fourth-order valence-electron chi connectivity index (χ4n) is 3.08. The molecule has 1 aliphatic carbocycles. The van der Waals surface area contributed by atoms with E-state index in [0.717, 1.165) is 74.4 Å². The Morgan fingerprint density at radius 2 is 1.96 bits per heavy atom. The third-order valence-electron chi connectivity index (χ3n) is 4.68. The summed E-state index contributed by atoms with van der Waals surface area (Å²) in [6, 6.07) is 1.89. The molecule has 8 heteroatoms. The van der Waals surface area contributed by atoms with Crippen LogP contribution in [0.15, 0.2) is 23.6 Å². The molecule has 0 unspecified atom stereocenters. The van der Waals surface area contributed by atoms with E-state index in [1.807, 2.05) is 13.0 Å². The standard InChI is InChI=1S/C20H29N7O/c1-3-5-10-22-20-23-12-16(17-11-18(21-4-2)25-13-24-17)19(27-20)26-14-6-8-15(28)9-7-14/h11-13,15,28H,3-10H2,1-2H3,(H,21,24,25)(H,22,23,27). The van der Waals surface area contributed by atoms with Gasteiger partial charge >= 0.3 is 0 Å². The normalized spacial score (nSPS) is 16.7. The van der Waals surface area contributed by atoms with Gasteiger partial charge in [0.2, 0.25) is 5.95 Å². The average molecular weight is 384 g/mol. The first-order valence-corrected chi connectivity index (χ1v) is 10.1. The van der Waals surface area contributed by atoms with E-state index in [1.165, 1.54) is 6.33 Å². The molecular weight excluding hydrogens is 354 g/mol. The highest BCUT2D eigenvalue weighted by Gasteiger charge is 2.17. The molecule has 0 amide bonds. The number of hydrogen-bond donors (Lipinski definition) is 3. The molecular formula is C20H29N7O. The molecule has 1 saturated carbocycles. The number of aliphatic hydroxyl groups is 1. The van der Waals surface area contributed by atoms with Crippen LogP contribution in [0.25, 0.3) is 11.3 Å². The Labute approximate surface area is 166 Å². The van der Waals surface area contributed by atoms with E-state index in [0.29, 0.717) is 11.8 Å². The van der Waals surface area contributed by atoms with Crippen molar-refractivity contribution in [2.75, 3.05) is 23.7 Å². The summed E-state index contributed by atoms with van der Waals surface area (Å²) in [6.45, 7) is 5.79. The van der Waals surface area contributed by atoms with Gasteiger partial charge in [0, 0.05) is 31.1 Å². The Kier molecular flexibility index (Phi) is 7.25. The zero-order valence-corrected chi connectivity index (χ0v) is 16.6. The molecule has 28 heavy (non-hydrogen) atoms. The molecule has 0 radical (unpaired) electrons. The second-order valence-electron chi connectivity index (χ2n) is 6.94. The van der Waals surface area contributed by atoms with E-state index in [9.17, 15) is 5.11 Å². The van der Waals surface area contributed by atoms with Crippen LogP contribution in [0, 0.1) is 0 Å². The number of anilines is 2. The molecule has 0 atom stereocenters. The molecule has 2 aromatic heterocycles. The number of aromatic nitrogens is 4. The van der Waals surface area contributed by atoms with Gasteiger partial charge in [0.1, 0.15) is 12.1 Å². The molecule has 0 spiro atoms. The second kappa shape index (κ2) is 10.1. The third-order valence-corrected chi connectivity index (χ3v) is 4.68. The summed E-state index contributed by atoms with van der Waals surface area (Å²) in [5, 5.41) is 16.2. The van der Waals surface area contributed by atoms with Gasteiger partial charge in [0.15, 0.2) is 5.82 Å². The van der Waals surface area contributed by atoms with Gasteiger partial charge in [-0.05, 0) is 39.0 Å². The number of unbranched alkanes of at least 4 members (excludes halogenated alkanes) is 1. The van der Waals surface area contributed by atoms with Crippen molar-refractivity contribution in [3.8, 4) is 11.3 Å². The zero-order chi connectivity index (χ0) is 19.8. The van der Waals surface area contributed by atoms with Crippen LogP contribution in [0.5, 0.6) is 0 Å². The van der Waals surface area contributed by atoms with Gasteiger partial charge in [0.25, 0.3) is 0 Å². The average Bonchev–Trinajstić information content (AvgIpc) is 2.71. The number of rotatable bonds is 8. The summed E-state index contributed by atoms with van der Waals surface area (Å²) < 4.78 is 0. The van der Waals surface area contributed by atoms with Crippen molar-refractivity contribution in [1.29, 1.82) is 0 Å². The summed E-state index contributed by atoms with van der Waals surface area (Å²) in [7, 11) is 0. The van der Waals surface area contributed by atoms with Crippen LogP contribution in [0.3, 0.4) is 0 Å².